The zero-order valence-electron chi connectivity index (χ0n) is 8.76. The molecule has 2 rings (SSSR count). The van der Waals surface area contributed by atoms with Gasteiger partial charge in [0.15, 0.2) is 0 Å². The van der Waals surface area contributed by atoms with Gasteiger partial charge >= 0.3 is 0 Å². The summed E-state index contributed by atoms with van der Waals surface area (Å²) < 4.78 is 0. The number of aryl methyl sites for hydroxylation is 1. The van der Waals surface area contributed by atoms with E-state index in [2.05, 4.69) is 4.98 Å². The Morgan fingerprint density at radius 2 is 2.27 bits per heavy atom. The summed E-state index contributed by atoms with van der Waals surface area (Å²) in [6, 6.07) is 6.15. The Morgan fingerprint density at radius 1 is 1.47 bits per heavy atom. The van der Waals surface area contributed by atoms with Gasteiger partial charge in [-0.2, -0.15) is 0 Å². The van der Waals surface area contributed by atoms with Crippen LogP contribution in [0, 0.1) is 0 Å². The fraction of sp³-hybridized carbons (Fsp3) is 0.333. The van der Waals surface area contributed by atoms with E-state index < -0.39 is 0 Å². The van der Waals surface area contributed by atoms with Crippen LogP contribution in [0.5, 0.6) is 0 Å². The van der Waals surface area contributed by atoms with E-state index in [4.69, 9.17) is 17.3 Å². The average Bonchev–Trinajstić information content (AvgIpc) is 2.57. The Morgan fingerprint density at radius 3 is 3.00 bits per heavy atom. The third-order valence-corrected chi connectivity index (χ3v) is 2.83. The molecule has 3 N–H and O–H groups in total. The van der Waals surface area contributed by atoms with Gasteiger partial charge in [0.25, 0.3) is 0 Å². The van der Waals surface area contributed by atoms with E-state index in [0.717, 1.165) is 23.4 Å². The van der Waals surface area contributed by atoms with E-state index in [1.807, 2.05) is 31.3 Å². The van der Waals surface area contributed by atoms with Gasteiger partial charge in [0.1, 0.15) is 0 Å². The molecule has 0 spiro atoms. The van der Waals surface area contributed by atoms with Crippen molar-refractivity contribution in [3.05, 3.63) is 35.0 Å². The van der Waals surface area contributed by atoms with Crippen LogP contribution in [-0.4, -0.2) is 11.0 Å². The van der Waals surface area contributed by atoms with Crippen molar-refractivity contribution in [2.75, 3.05) is 0 Å². The minimum Gasteiger partial charge on any atom is -0.361 e. The minimum atomic E-state index is 0.245. The molecule has 0 aliphatic heterocycles. The van der Waals surface area contributed by atoms with Crippen molar-refractivity contribution in [3.8, 4) is 0 Å². The van der Waals surface area contributed by atoms with Gasteiger partial charge in [0, 0.05) is 28.2 Å². The summed E-state index contributed by atoms with van der Waals surface area (Å²) in [6.45, 7) is 2.03. The van der Waals surface area contributed by atoms with Crippen LogP contribution in [-0.2, 0) is 6.42 Å². The number of aromatic nitrogens is 1. The maximum atomic E-state index is 5.97. The molecule has 0 aliphatic rings. The molecular formula is C12H15ClN2. The number of benzene rings is 1. The summed E-state index contributed by atoms with van der Waals surface area (Å²) >= 11 is 5.97. The van der Waals surface area contributed by atoms with Gasteiger partial charge in [-0.1, -0.05) is 11.6 Å². The Kier molecular flexibility index (Phi) is 2.98. The maximum Gasteiger partial charge on any atom is 0.0457 e. The minimum absolute atomic E-state index is 0.245. The SMILES string of the molecule is CC(N)CCc1c[nH]c2ccc(Cl)cc12. The van der Waals surface area contributed by atoms with Gasteiger partial charge in [-0.25, -0.2) is 0 Å². The lowest BCUT2D eigenvalue weighted by Gasteiger charge is -2.03. The molecule has 2 aromatic rings. The predicted octanol–water partition coefficient (Wildman–Crippen LogP) is 3.10. The van der Waals surface area contributed by atoms with Crippen LogP contribution in [0.4, 0.5) is 0 Å². The second-order valence-electron chi connectivity index (χ2n) is 4.02. The lowest BCUT2D eigenvalue weighted by atomic mass is 10.1. The van der Waals surface area contributed by atoms with Crippen molar-refractivity contribution < 1.29 is 0 Å². The van der Waals surface area contributed by atoms with E-state index >= 15 is 0 Å². The van der Waals surface area contributed by atoms with Gasteiger partial charge in [-0.05, 0) is 43.5 Å². The largest absolute Gasteiger partial charge is 0.361 e. The van der Waals surface area contributed by atoms with E-state index in [-0.39, 0.29) is 6.04 Å². The van der Waals surface area contributed by atoms with Gasteiger partial charge < -0.3 is 10.7 Å². The first kappa shape index (κ1) is 10.5. The Labute approximate surface area is 94.4 Å². The maximum absolute atomic E-state index is 5.97. The Hall–Kier alpha value is -0.990. The molecule has 1 heterocycles. The van der Waals surface area contributed by atoms with Gasteiger partial charge in [-0.3, -0.25) is 0 Å². The third kappa shape index (κ3) is 2.33. The monoisotopic (exact) mass is 222 g/mol. The summed E-state index contributed by atoms with van der Waals surface area (Å²) in [4.78, 5) is 3.24. The van der Waals surface area contributed by atoms with Crippen molar-refractivity contribution in [2.45, 2.75) is 25.8 Å². The number of hydrogen-bond donors (Lipinski definition) is 2. The van der Waals surface area contributed by atoms with Gasteiger partial charge in [-0.15, -0.1) is 0 Å². The molecule has 0 radical (unpaired) electrons. The summed E-state index contributed by atoms with van der Waals surface area (Å²) in [7, 11) is 0. The number of hydrogen-bond acceptors (Lipinski definition) is 1. The number of aromatic amines is 1. The molecule has 1 aromatic carbocycles. The van der Waals surface area contributed by atoms with E-state index in [1.165, 1.54) is 10.9 Å². The molecule has 0 saturated carbocycles. The Balaban J connectivity index is 2.31. The van der Waals surface area contributed by atoms with Crippen molar-refractivity contribution in [1.29, 1.82) is 0 Å². The van der Waals surface area contributed by atoms with Crippen LogP contribution in [0.25, 0.3) is 10.9 Å². The molecule has 0 bridgehead atoms. The summed E-state index contributed by atoms with van der Waals surface area (Å²) in [5.41, 5.74) is 8.18. The molecule has 0 saturated heterocycles. The zero-order valence-corrected chi connectivity index (χ0v) is 9.51. The Bertz CT molecular complexity index is 460. The van der Waals surface area contributed by atoms with Crippen molar-refractivity contribution in [2.24, 2.45) is 5.73 Å². The van der Waals surface area contributed by atoms with E-state index in [0.29, 0.717) is 0 Å². The molecule has 80 valence electrons. The highest BCUT2D eigenvalue weighted by Crippen LogP contribution is 2.23. The molecule has 0 aliphatic carbocycles. The second kappa shape index (κ2) is 4.25. The number of rotatable bonds is 3. The number of H-pyrrole nitrogens is 1. The van der Waals surface area contributed by atoms with Gasteiger partial charge in [0.05, 0.1) is 0 Å². The quantitative estimate of drug-likeness (QED) is 0.824. The number of nitrogens with two attached hydrogens (primary N) is 1. The first-order chi connectivity index (χ1) is 7.16. The first-order valence-corrected chi connectivity index (χ1v) is 5.55. The highest BCUT2D eigenvalue weighted by Gasteiger charge is 2.05. The molecule has 2 nitrogen and oxygen atoms in total. The van der Waals surface area contributed by atoms with Crippen LogP contribution in [0.3, 0.4) is 0 Å². The van der Waals surface area contributed by atoms with E-state index in [9.17, 15) is 0 Å². The van der Waals surface area contributed by atoms with Crippen LogP contribution in [0.15, 0.2) is 24.4 Å². The molecule has 0 fully saturated rings. The summed E-state index contributed by atoms with van der Waals surface area (Å²) in [5.74, 6) is 0. The average molecular weight is 223 g/mol. The molecule has 1 atom stereocenters. The number of halogens is 1. The summed E-state index contributed by atoms with van der Waals surface area (Å²) in [6.07, 6.45) is 4.04. The second-order valence-corrected chi connectivity index (χ2v) is 4.46. The third-order valence-electron chi connectivity index (χ3n) is 2.60. The standard InChI is InChI=1S/C12H15ClN2/c1-8(14)2-3-9-7-15-12-5-4-10(13)6-11(9)12/h4-8,15H,2-3,14H2,1H3. The molecule has 0 amide bonds. The highest BCUT2D eigenvalue weighted by atomic mass is 35.5. The topological polar surface area (TPSA) is 41.8 Å². The van der Waals surface area contributed by atoms with E-state index in [1.54, 1.807) is 0 Å². The van der Waals surface area contributed by atoms with Crippen LogP contribution in [0.2, 0.25) is 5.02 Å². The fourth-order valence-electron chi connectivity index (χ4n) is 1.74. The van der Waals surface area contributed by atoms with Crippen molar-refractivity contribution in [3.63, 3.8) is 0 Å². The van der Waals surface area contributed by atoms with Crippen LogP contribution in [0.1, 0.15) is 18.9 Å². The number of fused-ring (bicyclic) bond motifs is 1. The molecule has 1 unspecified atom stereocenters. The van der Waals surface area contributed by atoms with Gasteiger partial charge in [0.2, 0.25) is 0 Å². The summed E-state index contributed by atoms with van der Waals surface area (Å²) in [5, 5.41) is 1.99. The lowest BCUT2D eigenvalue weighted by molar-refractivity contribution is 0.668. The normalized spacial score (nSPS) is 13.3. The molecule has 3 heteroatoms. The van der Waals surface area contributed by atoms with Crippen molar-refractivity contribution >= 4 is 22.5 Å². The molecule has 1 aromatic heterocycles. The molecular weight excluding hydrogens is 208 g/mol. The van der Waals surface area contributed by atoms with Crippen molar-refractivity contribution in [1.82, 2.24) is 4.98 Å². The lowest BCUT2D eigenvalue weighted by Crippen LogP contribution is -2.15. The fourth-order valence-corrected chi connectivity index (χ4v) is 1.91. The smallest absolute Gasteiger partial charge is 0.0457 e. The van der Waals surface area contributed by atoms with Crippen LogP contribution >= 0.6 is 11.6 Å². The highest BCUT2D eigenvalue weighted by molar-refractivity contribution is 6.31. The zero-order chi connectivity index (χ0) is 10.8. The van der Waals surface area contributed by atoms with Crippen LogP contribution < -0.4 is 5.73 Å². The predicted molar refractivity (Wildman–Crippen MR) is 65.3 cm³/mol. The first-order valence-electron chi connectivity index (χ1n) is 5.18. The number of nitrogens with one attached hydrogen (secondary N) is 1. The molecule has 15 heavy (non-hydrogen) atoms.